The molecule has 7 heteroatoms. The van der Waals surface area contributed by atoms with Crippen molar-refractivity contribution in [3.05, 3.63) is 50.5 Å². The maximum atomic E-state index is 10.8. The molecule has 2 aromatic carbocycles. The lowest BCUT2D eigenvalue weighted by Crippen LogP contribution is -2.01. The third-order valence-electron chi connectivity index (χ3n) is 2.71. The standard InChI is InChI=1S/C12H6Cl2N2O2S/c13-7-2-3-8(14)12-11(7)15-9-4-1-6(16(17)18)5-10(9)19-12/h1-5,15H. The van der Waals surface area contributed by atoms with E-state index in [2.05, 4.69) is 5.32 Å². The van der Waals surface area contributed by atoms with Crippen molar-refractivity contribution in [2.45, 2.75) is 9.79 Å². The number of hydrogen-bond donors (Lipinski definition) is 1. The second-order valence-corrected chi connectivity index (χ2v) is 5.76. The smallest absolute Gasteiger partial charge is 0.270 e. The molecule has 0 saturated heterocycles. The van der Waals surface area contributed by atoms with E-state index in [1.807, 2.05) is 0 Å². The minimum absolute atomic E-state index is 0.0506. The monoisotopic (exact) mass is 312 g/mol. The molecule has 0 spiro atoms. The van der Waals surface area contributed by atoms with Crippen LogP contribution in [-0.4, -0.2) is 4.92 Å². The molecule has 0 radical (unpaired) electrons. The van der Waals surface area contributed by atoms with E-state index in [1.165, 1.54) is 23.9 Å². The quantitative estimate of drug-likeness (QED) is 0.501. The molecule has 0 amide bonds. The fourth-order valence-electron chi connectivity index (χ4n) is 1.81. The Labute approximate surface area is 122 Å². The molecule has 1 heterocycles. The summed E-state index contributed by atoms with van der Waals surface area (Å²) in [5, 5.41) is 15.1. The number of fused-ring (bicyclic) bond motifs is 2. The van der Waals surface area contributed by atoms with E-state index in [9.17, 15) is 10.1 Å². The molecule has 1 aliphatic heterocycles. The highest BCUT2D eigenvalue weighted by Crippen LogP contribution is 2.50. The lowest BCUT2D eigenvalue weighted by molar-refractivity contribution is -0.385. The Morgan fingerprint density at radius 3 is 2.63 bits per heavy atom. The Morgan fingerprint density at radius 1 is 1.16 bits per heavy atom. The number of anilines is 2. The van der Waals surface area contributed by atoms with Gasteiger partial charge >= 0.3 is 0 Å². The lowest BCUT2D eigenvalue weighted by atomic mass is 10.2. The number of nitrogens with zero attached hydrogens (tertiary/aromatic N) is 1. The van der Waals surface area contributed by atoms with Crippen molar-refractivity contribution in [3.8, 4) is 0 Å². The van der Waals surface area contributed by atoms with E-state index in [1.54, 1.807) is 18.2 Å². The molecule has 4 nitrogen and oxygen atoms in total. The van der Waals surface area contributed by atoms with Crippen LogP contribution in [0.3, 0.4) is 0 Å². The Hall–Kier alpha value is -1.43. The van der Waals surface area contributed by atoms with Gasteiger partial charge in [0.15, 0.2) is 0 Å². The average Bonchev–Trinajstić information content (AvgIpc) is 2.41. The molecule has 19 heavy (non-hydrogen) atoms. The van der Waals surface area contributed by atoms with Gasteiger partial charge in [-0.1, -0.05) is 35.0 Å². The summed E-state index contributed by atoms with van der Waals surface area (Å²) in [6.45, 7) is 0. The number of hydrogen-bond acceptors (Lipinski definition) is 4. The normalized spacial score (nSPS) is 12.3. The summed E-state index contributed by atoms with van der Waals surface area (Å²) in [5.41, 5.74) is 1.57. The number of nitrogens with one attached hydrogen (secondary N) is 1. The summed E-state index contributed by atoms with van der Waals surface area (Å²) >= 11 is 13.6. The minimum Gasteiger partial charge on any atom is -0.352 e. The first-order valence-electron chi connectivity index (χ1n) is 5.27. The van der Waals surface area contributed by atoms with E-state index in [0.717, 1.165) is 21.2 Å². The van der Waals surface area contributed by atoms with Crippen molar-refractivity contribution in [1.29, 1.82) is 0 Å². The van der Waals surface area contributed by atoms with Gasteiger partial charge in [0, 0.05) is 17.0 Å². The van der Waals surface area contributed by atoms with Gasteiger partial charge in [-0.05, 0) is 18.2 Å². The summed E-state index contributed by atoms with van der Waals surface area (Å²) in [4.78, 5) is 11.9. The Kier molecular flexibility index (Phi) is 3.05. The van der Waals surface area contributed by atoms with Crippen molar-refractivity contribution in [3.63, 3.8) is 0 Å². The van der Waals surface area contributed by atoms with Crippen LogP contribution < -0.4 is 5.32 Å². The highest BCUT2D eigenvalue weighted by molar-refractivity contribution is 7.99. The second kappa shape index (κ2) is 4.59. The zero-order chi connectivity index (χ0) is 13.6. The fraction of sp³-hybridized carbons (Fsp3) is 0. The summed E-state index contributed by atoms with van der Waals surface area (Å²) < 4.78 is 0. The number of rotatable bonds is 1. The molecule has 0 unspecified atom stereocenters. The largest absolute Gasteiger partial charge is 0.352 e. The van der Waals surface area contributed by atoms with E-state index in [0.29, 0.717) is 10.0 Å². The van der Waals surface area contributed by atoms with E-state index < -0.39 is 4.92 Å². The van der Waals surface area contributed by atoms with Gasteiger partial charge in [0.25, 0.3) is 5.69 Å². The fourth-order valence-corrected chi connectivity index (χ4v) is 3.40. The molecular formula is C12H6Cl2N2O2S. The summed E-state index contributed by atoms with van der Waals surface area (Å²) in [6, 6.07) is 8.07. The van der Waals surface area contributed by atoms with Gasteiger partial charge in [0.05, 0.1) is 31.2 Å². The molecule has 0 saturated carbocycles. The van der Waals surface area contributed by atoms with Crippen LogP contribution in [0.5, 0.6) is 0 Å². The first-order chi connectivity index (χ1) is 9.06. The highest BCUT2D eigenvalue weighted by Gasteiger charge is 2.22. The first-order valence-corrected chi connectivity index (χ1v) is 6.85. The molecule has 0 aliphatic carbocycles. The van der Waals surface area contributed by atoms with E-state index >= 15 is 0 Å². The van der Waals surface area contributed by atoms with Crippen LogP contribution in [0.4, 0.5) is 17.1 Å². The van der Waals surface area contributed by atoms with Gasteiger partial charge in [0.2, 0.25) is 0 Å². The number of non-ortho nitro benzene ring substituents is 1. The van der Waals surface area contributed by atoms with Crippen LogP contribution in [0.25, 0.3) is 0 Å². The molecular weight excluding hydrogens is 307 g/mol. The van der Waals surface area contributed by atoms with E-state index in [-0.39, 0.29) is 5.69 Å². The number of nitro benzene ring substituents is 1. The predicted octanol–water partition coefficient (Wildman–Crippen LogP) is 5.11. The van der Waals surface area contributed by atoms with Crippen molar-refractivity contribution < 1.29 is 4.92 Å². The maximum absolute atomic E-state index is 10.8. The number of nitro groups is 1. The van der Waals surface area contributed by atoms with Crippen LogP contribution >= 0.6 is 35.0 Å². The molecule has 1 aliphatic rings. The van der Waals surface area contributed by atoms with Crippen molar-refractivity contribution in [1.82, 2.24) is 0 Å². The van der Waals surface area contributed by atoms with Crippen molar-refractivity contribution in [2.24, 2.45) is 0 Å². The highest BCUT2D eigenvalue weighted by atomic mass is 35.5. The van der Waals surface area contributed by atoms with E-state index in [4.69, 9.17) is 23.2 Å². The van der Waals surface area contributed by atoms with Crippen molar-refractivity contribution >= 4 is 52.0 Å². The van der Waals surface area contributed by atoms with Crippen LogP contribution in [-0.2, 0) is 0 Å². The van der Waals surface area contributed by atoms with Gasteiger partial charge in [-0.3, -0.25) is 10.1 Å². The first kappa shape index (κ1) is 12.6. The van der Waals surface area contributed by atoms with Crippen LogP contribution in [0.2, 0.25) is 10.0 Å². The summed E-state index contributed by atoms with van der Waals surface area (Å²) in [6.07, 6.45) is 0. The minimum atomic E-state index is -0.421. The van der Waals surface area contributed by atoms with Gasteiger partial charge in [-0.15, -0.1) is 0 Å². The average molecular weight is 313 g/mol. The molecule has 0 bridgehead atoms. The molecule has 0 atom stereocenters. The Bertz CT molecular complexity index is 706. The molecule has 1 N–H and O–H groups in total. The maximum Gasteiger partial charge on any atom is 0.270 e. The summed E-state index contributed by atoms with van der Waals surface area (Å²) in [7, 11) is 0. The molecule has 3 rings (SSSR count). The molecule has 96 valence electrons. The van der Waals surface area contributed by atoms with Crippen LogP contribution in [0, 0.1) is 10.1 Å². The lowest BCUT2D eigenvalue weighted by Gasteiger charge is -2.22. The van der Waals surface area contributed by atoms with Crippen LogP contribution in [0.1, 0.15) is 0 Å². The SMILES string of the molecule is O=[N+]([O-])c1ccc2c(c1)Sc1c(Cl)ccc(Cl)c1N2. The third kappa shape index (κ3) is 2.14. The number of halogens is 2. The van der Waals surface area contributed by atoms with Gasteiger partial charge < -0.3 is 5.32 Å². The zero-order valence-electron chi connectivity index (χ0n) is 9.31. The predicted molar refractivity (Wildman–Crippen MR) is 77.0 cm³/mol. The molecule has 2 aromatic rings. The Morgan fingerprint density at radius 2 is 1.89 bits per heavy atom. The molecule has 0 fully saturated rings. The van der Waals surface area contributed by atoms with Gasteiger partial charge in [-0.25, -0.2) is 0 Å². The van der Waals surface area contributed by atoms with Gasteiger partial charge in [-0.2, -0.15) is 0 Å². The third-order valence-corrected chi connectivity index (χ3v) is 4.63. The topological polar surface area (TPSA) is 55.2 Å². The summed E-state index contributed by atoms with van der Waals surface area (Å²) in [5.74, 6) is 0. The van der Waals surface area contributed by atoms with Crippen molar-refractivity contribution in [2.75, 3.05) is 5.32 Å². The Balaban J connectivity index is 2.12. The zero-order valence-corrected chi connectivity index (χ0v) is 11.6. The second-order valence-electron chi connectivity index (χ2n) is 3.90. The van der Waals surface area contributed by atoms with Gasteiger partial charge in [0.1, 0.15) is 0 Å². The van der Waals surface area contributed by atoms with Crippen LogP contribution in [0.15, 0.2) is 40.1 Å². The number of benzene rings is 2. The molecule has 0 aromatic heterocycles.